The molecule has 7 nitrogen and oxygen atoms in total. The Balaban J connectivity index is 1.80. The number of halogens is 1. The van der Waals surface area contributed by atoms with Crippen LogP contribution >= 0.6 is 15.9 Å². The number of hydrogen-bond acceptors (Lipinski definition) is 5. The molecule has 0 fully saturated rings. The molecule has 1 amide bonds. The maximum Gasteiger partial charge on any atom is 0.255 e. The molecule has 0 radical (unpaired) electrons. The molecule has 0 spiro atoms. The molecule has 0 aliphatic rings. The summed E-state index contributed by atoms with van der Waals surface area (Å²) < 4.78 is 33.4. The third-order valence-corrected chi connectivity index (χ3v) is 6.51. The summed E-state index contributed by atoms with van der Waals surface area (Å²) in [6, 6.07) is 17.1. The number of benzene rings is 2. The second kappa shape index (κ2) is 9.84. The standard InChI is InChI=1S/C21H20BrN3O4S/c1-16-4-6-17(7-5-16)14-25(30(27,28)20-10-8-18(22)9-11-20)15-21(26)24-23-13-19-3-2-12-29-19/h2-13H,14-15H2,1H3,(H,24,26)/b23-13-. The first-order valence-electron chi connectivity index (χ1n) is 9.01. The molecule has 1 aromatic heterocycles. The quantitative estimate of drug-likeness (QED) is 0.385. The van der Waals surface area contributed by atoms with Crippen LogP contribution in [0.2, 0.25) is 0 Å². The van der Waals surface area contributed by atoms with Crippen molar-refractivity contribution in [2.75, 3.05) is 6.54 Å². The van der Waals surface area contributed by atoms with Gasteiger partial charge in [-0.1, -0.05) is 45.8 Å². The van der Waals surface area contributed by atoms with Crippen LogP contribution in [-0.2, 0) is 21.4 Å². The summed E-state index contributed by atoms with van der Waals surface area (Å²) in [6.07, 6.45) is 2.82. The normalized spacial score (nSPS) is 11.8. The molecule has 0 aliphatic heterocycles. The van der Waals surface area contributed by atoms with Gasteiger partial charge in [-0.25, -0.2) is 13.8 Å². The van der Waals surface area contributed by atoms with Gasteiger partial charge in [-0.15, -0.1) is 0 Å². The first-order chi connectivity index (χ1) is 14.3. The van der Waals surface area contributed by atoms with E-state index in [1.165, 1.54) is 24.6 Å². The number of carbonyl (C=O) groups is 1. The molecule has 156 valence electrons. The third kappa shape index (κ3) is 5.88. The molecule has 3 rings (SSSR count). The van der Waals surface area contributed by atoms with E-state index in [0.717, 1.165) is 19.9 Å². The van der Waals surface area contributed by atoms with Crippen LogP contribution in [0.25, 0.3) is 0 Å². The molecule has 3 aromatic rings. The Labute approximate surface area is 183 Å². The Hall–Kier alpha value is -2.75. The zero-order valence-corrected chi connectivity index (χ0v) is 18.6. The second-order valence-electron chi connectivity index (χ2n) is 6.52. The molecular weight excluding hydrogens is 470 g/mol. The molecule has 1 N–H and O–H groups in total. The van der Waals surface area contributed by atoms with Crippen molar-refractivity contribution in [3.63, 3.8) is 0 Å². The van der Waals surface area contributed by atoms with Crippen LogP contribution < -0.4 is 5.43 Å². The fourth-order valence-electron chi connectivity index (χ4n) is 2.61. The summed E-state index contributed by atoms with van der Waals surface area (Å²) in [5.41, 5.74) is 4.17. The number of furan rings is 1. The van der Waals surface area contributed by atoms with E-state index in [9.17, 15) is 13.2 Å². The van der Waals surface area contributed by atoms with E-state index >= 15 is 0 Å². The van der Waals surface area contributed by atoms with Crippen LogP contribution in [0.4, 0.5) is 0 Å². The van der Waals surface area contributed by atoms with Crippen LogP contribution in [0.15, 0.2) is 85.8 Å². The Bertz CT molecular complexity index is 1110. The number of hydrazone groups is 1. The fraction of sp³-hybridized carbons (Fsp3) is 0.143. The second-order valence-corrected chi connectivity index (χ2v) is 9.37. The highest BCUT2D eigenvalue weighted by Gasteiger charge is 2.27. The SMILES string of the molecule is Cc1ccc(CN(CC(=O)N/N=C\c2ccco2)S(=O)(=O)c2ccc(Br)cc2)cc1. The van der Waals surface area contributed by atoms with Crippen molar-refractivity contribution in [1.29, 1.82) is 0 Å². The van der Waals surface area contributed by atoms with Crippen LogP contribution in [0.5, 0.6) is 0 Å². The number of carbonyl (C=O) groups excluding carboxylic acids is 1. The topological polar surface area (TPSA) is 92.0 Å². The van der Waals surface area contributed by atoms with Gasteiger partial charge in [-0.05, 0) is 48.9 Å². The average Bonchev–Trinajstić information content (AvgIpc) is 3.23. The van der Waals surface area contributed by atoms with Crippen LogP contribution in [0.1, 0.15) is 16.9 Å². The smallest absolute Gasteiger partial charge is 0.255 e. The number of aryl methyl sites for hydroxylation is 1. The highest BCUT2D eigenvalue weighted by atomic mass is 79.9. The van der Waals surface area contributed by atoms with E-state index in [2.05, 4.69) is 26.5 Å². The third-order valence-electron chi connectivity index (χ3n) is 4.18. The van der Waals surface area contributed by atoms with Gasteiger partial charge >= 0.3 is 0 Å². The average molecular weight is 490 g/mol. The van der Waals surface area contributed by atoms with Gasteiger partial charge in [-0.2, -0.15) is 9.41 Å². The van der Waals surface area contributed by atoms with Gasteiger partial charge < -0.3 is 4.42 Å². The first kappa shape index (κ1) is 21.9. The molecule has 0 atom stereocenters. The Kier molecular flexibility index (Phi) is 7.20. The number of nitrogens with one attached hydrogen (secondary N) is 1. The zero-order valence-electron chi connectivity index (χ0n) is 16.2. The van der Waals surface area contributed by atoms with Crippen LogP contribution in [0.3, 0.4) is 0 Å². The monoisotopic (exact) mass is 489 g/mol. The van der Waals surface area contributed by atoms with Crippen molar-refractivity contribution in [3.8, 4) is 0 Å². The minimum absolute atomic E-state index is 0.0496. The Morgan fingerprint density at radius 2 is 1.83 bits per heavy atom. The predicted molar refractivity (Wildman–Crippen MR) is 117 cm³/mol. The summed E-state index contributed by atoms with van der Waals surface area (Å²) >= 11 is 3.30. The lowest BCUT2D eigenvalue weighted by Crippen LogP contribution is -2.39. The molecule has 0 saturated heterocycles. The summed E-state index contributed by atoms with van der Waals surface area (Å²) in [5.74, 6) is -0.0973. The van der Waals surface area contributed by atoms with Crippen molar-refractivity contribution in [2.45, 2.75) is 18.4 Å². The fourth-order valence-corrected chi connectivity index (χ4v) is 4.26. The molecule has 9 heteroatoms. The molecule has 0 aliphatic carbocycles. The predicted octanol–water partition coefficient (Wildman–Crippen LogP) is 3.69. The lowest BCUT2D eigenvalue weighted by atomic mass is 10.1. The highest BCUT2D eigenvalue weighted by Crippen LogP contribution is 2.21. The van der Waals surface area contributed by atoms with Gasteiger partial charge in [0.1, 0.15) is 5.76 Å². The largest absolute Gasteiger partial charge is 0.463 e. The lowest BCUT2D eigenvalue weighted by molar-refractivity contribution is -0.121. The summed E-state index contributed by atoms with van der Waals surface area (Å²) in [6.45, 7) is 1.61. The Morgan fingerprint density at radius 3 is 2.47 bits per heavy atom. The lowest BCUT2D eigenvalue weighted by Gasteiger charge is -2.21. The minimum atomic E-state index is -3.91. The molecule has 2 aromatic carbocycles. The van der Waals surface area contributed by atoms with E-state index in [-0.39, 0.29) is 18.0 Å². The molecule has 0 unspecified atom stereocenters. The number of rotatable bonds is 8. The number of nitrogens with zero attached hydrogens (tertiary/aromatic N) is 2. The first-order valence-corrected chi connectivity index (χ1v) is 11.2. The van der Waals surface area contributed by atoms with Gasteiger partial charge in [0.25, 0.3) is 5.91 Å². The van der Waals surface area contributed by atoms with Crippen molar-refractivity contribution in [3.05, 3.63) is 88.3 Å². The van der Waals surface area contributed by atoms with Crippen molar-refractivity contribution < 1.29 is 17.6 Å². The number of hydrogen-bond donors (Lipinski definition) is 1. The molecule has 1 heterocycles. The molecule has 30 heavy (non-hydrogen) atoms. The van der Waals surface area contributed by atoms with Gasteiger partial charge in [0.05, 0.1) is 23.9 Å². The van der Waals surface area contributed by atoms with Crippen molar-refractivity contribution in [2.24, 2.45) is 5.10 Å². The van der Waals surface area contributed by atoms with Gasteiger partial charge in [-0.3, -0.25) is 4.79 Å². The van der Waals surface area contributed by atoms with E-state index in [1.807, 2.05) is 31.2 Å². The summed E-state index contributed by atoms with van der Waals surface area (Å²) in [7, 11) is -3.91. The molecular formula is C21H20BrN3O4S. The summed E-state index contributed by atoms with van der Waals surface area (Å²) in [4.78, 5) is 12.5. The maximum atomic E-state index is 13.2. The molecule has 0 saturated carbocycles. The van der Waals surface area contributed by atoms with Gasteiger partial charge in [0.2, 0.25) is 10.0 Å². The minimum Gasteiger partial charge on any atom is -0.463 e. The van der Waals surface area contributed by atoms with E-state index in [1.54, 1.807) is 24.3 Å². The van der Waals surface area contributed by atoms with Crippen LogP contribution in [-0.4, -0.2) is 31.4 Å². The van der Waals surface area contributed by atoms with Crippen molar-refractivity contribution >= 4 is 38.1 Å². The van der Waals surface area contributed by atoms with E-state index in [0.29, 0.717) is 5.76 Å². The van der Waals surface area contributed by atoms with Gasteiger partial charge in [0.15, 0.2) is 0 Å². The Morgan fingerprint density at radius 1 is 1.13 bits per heavy atom. The van der Waals surface area contributed by atoms with Crippen molar-refractivity contribution in [1.82, 2.24) is 9.73 Å². The van der Waals surface area contributed by atoms with Crippen LogP contribution in [0, 0.1) is 6.92 Å². The number of sulfonamides is 1. The molecule has 0 bridgehead atoms. The maximum absolute atomic E-state index is 13.2. The van der Waals surface area contributed by atoms with Gasteiger partial charge in [0, 0.05) is 11.0 Å². The highest BCUT2D eigenvalue weighted by molar-refractivity contribution is 9.10. The number of amides is 1. The zero-order chi connectivity index (χ0) is 21.6. The van der Waals surface area contributed by atoms with E-state index in [4.69, 9.17) is 4.42 Å². The van der Waals surface area contributed by atoms with E-state index < -0.39 is 15.9 Å². The summed E-state index contributed by atoms with van der Waals surface area (Å²) in [5, 5.41) is 3.81.